The van der Waals surface area contributed by atoms with E-state index in [2.05, 4.69) is 5.32 Å². The normalized spacial score (nSPS) is 11.8. The lowest BCUT2D eigenvalue weighted by Crippen LogP contribution is -2.30. The van der Waals surface area contributed by atoms with Gasteiger partial charge in [0.25, 0.3) is 5.91 Å². The SMILES string of the molecule is Cc1ccc([C@@H](NC(=O)c2ccc(F)cc2F)c2ccccc2)cc1. The van der Waals surface area contributed by atoms with Crippen LogP contribution in [0.25, 0.3) is 0 Å². The maximum atomic E-state index is 13.9. The van der Waals surface area contributed by atoms with Gasteiger partial charge in [-0.05, 0) is 30.2 Å². The van der Waals surface area contributed by atoms with E-state index in [4.69, 9.17) is 0 Å². The van der Waals surface area contributed by atoms with Crippen LogP contribution in [0.3, 0.4) is 0 Å². The lowest BCUT2D eigenvalue weighted by atomic mass is 9.97. The molecule has 0 saturated heterocycles. The summed E-state index contributed by atoms with van der Waals surface area (Å²) in [6.45, 7) is 1.98. The third-order valence-corrected chi connectivity index (χ3v) is 3.99. The third kappa shape index (κ3) is 3.91. The Hall–Kier alpha value is -3.01. The van der Waals surface area contributed by atoms with Crippen molar-refractivity contribution < 1.29 is 13.6 Å². The highest BCUT2D eigenvalue weighted by molar-refractivity contribution is 5.95. The largest absolute Gasteiger partial charge is 0.341 e. The van der Waals surface area contributed by atoms with E-state index in [0.717, 1.165) is 28.8 Å². The van der Waals surface area contributed by atoms with Crippen LogP contribution < -0.4 is 5.32 Å². The monoisotopic (exact) mass is 337 g/mol. The molecule has 3 aromatic carbocycles. The lowest BCUT2D eigenvalue weighted by Gasteiger charge is -2.20. The van der Waals surface area contributed by atoms with Gasteiger partial charge in [-0.2, -0.15) is 0 Å². The number of carbonyl (C=O) groups excluding carboxylic acids is 1. The molecule has 0 radical (unpaired) electrons. The molecule has 4 heteroatoms. The van der Waals surface area contributed by atoms with Crippen molar-refractivity contribution in [3.63, 3.8) is 0 Å². The van der Waals surface area contributed by atoms with Crippen LogP contribution in [-0.4, -0.2) is 5.91 Å². The molecule has 0 aliphatic heterocycles. The van der Waals surface area contributed by atoms with E-state index in [1.165, 1.54) is 0 Å². The summed E-state index contributed by atoms with van der Waals surface area (Å²) in [6.07, 6.45) is 0. The van der Waals surface area contributed by atoms with Gasteiger partial charge in [0.15, 0.2) is 0 Å². The minimum Gasteiger partial charge on any atom is -0.341 e. The number of amides is 1. The number of nitrogens with one attached hydrogen (secondary N) is 1. The Morgan fingerprint density at radius 2 is 1.52 bits per heavy atom. The maximum absolute atomic E-state index is 13.9. The fourth-order valence-electron chi connectivity index (χ4n) is 2.65. The average molecular weight is 337 g/mol. The second-order valence-electron chi connectivity index (χ2n) is 5.85. The molecule has 0 aliphatic carbocycles. The summed E-state index contributed by atoms with van der Waals surface area (Å²) in [5.41, 5.74) is 2.68. The Morgan fingerprint density at radius 1 is 0.880 bits per heavy atom. The van der Waals surface area contributed by atoms with E-state index in [0.29, 0.717) is 6.07 Å². The fraction of sp³-hybridized carbons (Fsp3) is 0.0952. The molecule has 3 aromatic rings. The van der Waals surface area contributed by atoms with E-state index in [9.17, 15) is 13.6 Å². The standard InChI is InChI=1S/C21H17F2NO/c1-14-7-9-16(10-8-14)20(15-5-3-2-4-6-15)24-21(25)18-12-11-17(22)13-19(18)23/h2-13,20H,1H3,(H,24,25)/t20-/m0/s1. The van der Waals surface area contributed by atoms with Gasteiger partial charge < -0.3 is 5.32 Å². The van der Waals surface area contributed by atoms with E-state index in [1.54, 1.807) is 0 Å². The van der Waals surface area contributed by atoms with E-state index < -0.39 is 23.6 Å². The molecule has 1 amide bonds. The minimum absolute atomic E-state index is 0.186. The summed E-state index contributed by atoms with van der Waals surface area (Å²) in [4.78, 5) is 12.5. The highest BCUT2D eigenvalue weighted by Gasteiger charge is 2.20. The smallest absolute Gasteiger partial charge is 0.255 e. The molecular formula is C21H17F2NO. The first-order valence-corrected chi connectivity index (χ1v) is 7.92. The number of hydrogen-bond donors (Lipinski definition) is 1. The van der Waals surface area contributed by atoms with Crippen molar-refractivity contribution in [2.45, 2.75) is 13.0 Å². The molecule has 0 saturated carbocycles. The summed E-state index contributed by atoms with van der Waals surface area (Å²) in [5.74, 6) is -2.19. The van der Waals surface area contributed by atoms with Crippen molar-refractivity contribution in [1.82, 2.24) is 5.32 Å². The first kappa shape index (κ1) is 16.8. The predicted molar refractivity (Wildman–Crippen MR) is 93.3 cm³/mol. The van der Waals surface area contributed by atoms with Gasteiger partial charge in [0.1, 0.15) is 11.6 Å². The minimum atomic E-state index is -0.881. The third-order valence-electron chi connectivity index (χ3n) is 3.99. The van der Waals surface area contributed by atoms with Gasteiger partial charge in [-0.15, -0.1) is 0 Å². The quantitative estimate of drug-likeness (QED) is 0.728. The molecule has 0 aliphatic rings. The van der Waals surface area contributed by atoms with Crippen LogP contribution in [-0.2, 0) is 0 Å². The number of carbonyl (C=O) groups is 1. The number of benzene rings is 3. The van der Waals surface area contributed by atoms with Crippen LogP contribution in [0.4, 0.5) is 8.78 Å². The fourth-order valence-corrected chi connectivity index (χ4v) is 2.65. The molecule has 1 N–H and O–H groups in total. The van der Waals surface area contributed by atoms with Gasteiger partial charge in [0.2, 0.25) is 0 Å². The van der Waals surface area contributed by atoms with E-state index in [1.807, 2.05) is 61.5 Å². The molecule has 0 aromatic heterocycles. The van der Waals surface area contributed by atoms with Crippen LogP contribution in [0, 0.1) is 18.6 Å². The van der Waals surface area contributed by atoms with Gasteiger partial charge in [-0.25, -0.2) is 8.78 Å². The zero-order valence-electron chi connectivity index (χ0n) is 13.7. The zero-order valence-corrected chi connectivity index (χ0v) is 13.7. The van der Waals surface area contributed by atoms with Crippen LogP contribution in [0.2, 0.25) is 0 Å². The lowest BCUT2D eigenvalue weighted by molar-refractivity contribution is 0.0939. The summed E-state index contributed by atoms with van der Waals surface area (Å²) in [5, 5.41) is 2.84. The number of halogens is 2. The predicted octanol–water partition coefficient (Wildman–Crippen LogP) is 4.79. The summed E-state index contributed by atoms with van der Waals surface area (Å²) in [7, 11) is 0. The molecule has 0 bridgehead atoms. The molecule has 2 nitrogen and oxygen atoms in total. The van der Waals surface area contributed by atoms with Gasteiger partial charge in [0, 0.05) is 6.07 Å². The molecule has 3 rings (SSSR count). The number of aryl methyl sites for hydroxylation is 1. The molecule has 0 spiro atoms. The van der Waals surface area contributed by atoms with E-state index in [-0.39, 0.29) is 5.56 Å². The van der Waals surface area contributed by atoms with Gasteiger partial charge in [-0.1, -0.05) is 60.2 Å². The Kier molecular flexibility index (Phi) is 4.89. The Morgan fingerprint density at radius 3 is 2.16 bits per heavy atom. The average Bonchev–Trinajstić information content (AvgIpc) is 2.61. The molecule has 0 fully saturated rings. The van der Waals surface area contributed by atoms with Crippen molar-refractivity contribution >= 4 is 5.91 Å². The first-order chi connectivity index (χ1) is 12.0. The molecule has 0 unspecified atom stereocenters. The maximum Gasteiger partial charge on any atom is 0.255 e. The summed E-state index contributed by atoms with van der Waals surface area (Å²) < 4.78 is 27.0. The molecular weight excluding hydrogens is 320 g/mol. The highest BCUT2D eigenvalue weighted by atomic mass is 19.1. The Labute approximate surface area is 145 Å². The zero-order chi connectivity index (χ0) is 17.8. The Balaban J connectivity index is 1.95. The second kappa shape index (κ2) is 7.26. The van der Waals surface area contributed by atoms with Crippen molar-refractivity contribution in [3.05, 3.63) is 107 Å². The van der Waals surface area contributed by atoms with Crippen molar-refractivity contribution in [1.29, 1.82) is 0 Å². The van der Waals surface area contributed by atoms with Crippen molar-refractivity contribution in [2.24, 2.45) is 0 Å². The number of hydrogen-bond acceptors (Lipinski definition) is 1. The van der Waals surface area contributed by atoms with Crippen LogP contribution in [0.1, 0.15) is 33.1 Å². The van der Waals surface area contributed by atoms with Crippen LogP contribution in [0.5, 0.6) is 0 Å². The van der Waals surface area contributed by atoms with Crippen LogP contribution >= 0.6 is 0 Å². The van der Waals surface area contributed by atoms with Crippen molar-refractivity contribution in [2.75, 3.05) is 0 Å². The highest BCUT2D eigenvalue weighted by Crippen LogP contribution is 2.23. The van der Waals surface area contributed by atoms with Gasteiger partial charge in [0.05, 0.1) is 11.6 Å². The molecule has 126 valence electrons. The molecule has 25 heavy (non-hydrogen) atoms. The van der Waals surface area contributed by atoms with Gasteiger partial charge in [-0.3, -0.25) is 4.79 Å². The number of rotatable bonds is 4. The molecule has 0 heterocycles. The first-order valence-electron chi connectivity index (χ1n) is 7.92. The topological polar surface area (TPSA) is 29.1 Å². The second-order valence-corrected chi connectivity index (χ2v) is 5.85. The Bertz CT molecular complexity index is 876. The summed E-state index contributed by atoms with van der Waals surface area (Å²) in [6, 6.07) is 19.7. The van der Waals surface area contributed by atoms with Gasteiger partial charge >= 0.3 is 0 Å². The van der Waals surface area contributed by atoms with Crippen LogP contribution in [0.15, 0.2) is 72.8 Å². The van der Waals surface area contributed by atoms with Crippen molar-refractivity contribution in [3.8, 4) is 0 Å². The molecule has 1 atom stereocenters. The summed E-state index contributed by atoms with van der Waals surface area (Å²) >= 11 is 0. The van der Waals surface area contributed by atoms with E-state index >= 15 is 0 Å².